The zero-order valence-corrected chi connectivity index (χ0v) is 13.2. The fraction of sp³-hybridized carbons (Fsp3) is 0.625. The van der Waals surface area contributed by atoms with Crippen LogP contribution in [0.1, 0.15) is 39.5 Å². The van der Waals surface area contributed by atoms with Gasteiger partial charge in [0.25, 0.3) is 0 Å². The number of sulfone groups is 1. The summed E-state index contributed by atoms with van der Waals surface area (Å²) in [5.74, 6) is 1.83. The summed E-state index contributed by atoms with van der Waals surface area (Å²) >= 11 is 0. The summed E-state index contributed by atoms with van der Waals surface area (Å²) in [7, 11) is -3.09. The topological polar surface area (TPSA) is 46.2 Å². The van der Waals surface area contributed by atoms with Crippen molar-refractivity contribution in [2.75, 3.05) is 17.6 Å². The van der Waals surface area contributed by atoms with Crippen molar-refractivity contribution in [3.63, 3.8) is 0 Å². The normalized spacial score (nSPS) is 22.9. The predicted molar refractivity (Wildman–Crippen MR) is 83.8 cm³/mol. The Bertz CT molecular complexity index is 522. The quantitative estimate of drug-likeness (QED) is 0.870. The van der Waals surface area contributed by atoms with Crippen molar-refractivity contribution in [1.82, 2.24) is 0 Å². The summed E-state index contributed by atoms with van der Waals surface area (Å²) in [6.45, 7) is 5.19. The van der Waals surface area contributed by atoms with Gasteiger partial charge in [0.15, 0.2) is 9.84 Å². The molecule has 0 radical (unpaired) electrons. The maximum atomic E-state index is 11.9. The van der Waals surface area contributed by atoms with Crippen LogP contribution in [0.4, 0.5) is 5.69 Å². The maximum absolute atomic E-state index is 11.9. The van der Waals surface area contributed by atoms with Crippen LogP contribution in [0, 0.1) is 11.8 Å². The first-order chi connectivity index (χ1) is 9.51. The van der Waals surface area contributed by atoms with Crippen molar-refractivity contribution >= 4 is 15.5 Å². The molecule has 1 saturated carbocycles. The average molecular weight is 295 g/mol. The molecule has 1 aromatic carbocycles. The van der Waals surface area contributed by atoms with Crippen molar-refractivity contribution in [2.24, 2.45) is 11.8 Å². The van der Waals surface area contributed by atoms with Crippen molar-refractivity contribution in [1.29, 1.82) is 0 Å². The Morgan fingerprint density at radius 2 is 1.90 bits per heavy atom. The highest BCUT2D eigenvalue weighted by Crippen LogP contribution is 2.30. The van der Waals surface area contributed by atoms with E-state index >= 15 is 0 Å². The Morgan fingerprint density at radius 1 is 1.20 bits per heavy atom. The third kappa shape index (κ3) is 3.98. The van der Waals surface area contributed by atoms with E-state index in [9.17, 15) is 8.42 Å². The number of anilines is 1. The zero-order chi connectivity index (χ0) is 14.6. The largest absolute Gasteiger partial charge is 0.385 e. The first kappa shape index (κ1) is 15.4. The van der Waals surface area contributed by atoms with Gasteiger partial charge in [-0.15, -0.1) is 0 Å². The Kier molecular flexibility index (Phi) is 5.08. The van der Waals surface area contributed by atoms with Crippen LogP contribution in [0.25, 0.3) is 0 Å². The highest BCUT2D eigenvalue weighted by molar-refractivity contribution is 7.91. The molecule has 2 rings (SSSR count). The van der Waals surface area contributed by atoms with Crippen LogP contribution in [0.15, 0.2) is 29.2 Å². The summed E-state index contributed by atoms with van der Waals surface area (Å²) in [4.78, 5) is 0.430. The molecule has 0 spiro atoms. The lowest BCUT2D eigenvalue weighted by molar-refractivity contribution is 0.537. The molecule has 20 heavy (non-hydrogen) atoms. The lowest BCUT2D eigenvalue weighted by Gasteiger charge is -2.12. The molecule has 1 aromatic rings. The molecule has 1 fully saturated rings. The molecule has 1 N–H and O–H groups in total. The molecule has 0 aliphatic heterocycles. The fourth-order valence-corrected chi connectivity index (χ4v) is 4.26. The molecule has 112 valence electrons. The standard InChI is InChI=1S/C16H25NO2S/c1-3-10-20(18,19)16-8-6-15(7-9-16)17-12-14-5-4-13(2)11-14/h6-9,13-14,17H,3-5,10-12H2,1-2H3. The molecule has 2 unspecified atom stereocenters. The number of hydrogen-bond acceptors (Lipinski definition) is 3. The molecular weight excluding hydrogens is 270 g/mol. The molecule has 1 aliphatic rings. The molecule has 1 aliphatic carbocycles. The Morgan fingerprint density at radius 3 is 2.45 bits per heavy atom. The fourth-order valence-electron chi connectivity index (χ4n) is 2.94. The van der Waals surface area contributed by atoms with E-state index in [1.54, 1.807) is 12.1 Å². The minimum absolute atomic E-state index is 0.222. The van der Waals surface area contributed by atoms with E-state index < -0.39 is 9.84 Å². The second kappa shape index (κ2) is 6.61. The van der Waals surface area contributed by atoms with Gasteiger partial charge >= 0.3 is 0 Å². The molecule has 0 aromatic heterocycles. The predicted octanol–water partition coefficient (Wildman–Crippen LogP) is 3.72. The van der Waals surface area contributed by atoms with E-state index in [-0.39, 0.29) is 5.75 Å². The van der Waals surface area contributed by atoms with E-state index in [1.807, 2.05) is 19.1 Å². The van der Waals surface area contributed by atoms with Crippen molar-refractivity contribution in [2.45, 2.75) is 44.4 Å². The summed E-state index contributed by atoms with van der Waals surface area (Å²) in [6, 6.07) is 7.18. The zero-order valence-electron chi connectivity index (χ0n) is 12.4. The number of nitrogens with one attached hydrogen (secondary N) is 1. The first-order valence-electron chi connectivity index (χ1n) is 7.58. The average Bonchev–Trinajstić information content (AvgIpc) is 2.83. The summed E-state index contributed by atoms with van der Waals surface area (Å²) in [6.07, 6.45) is 4.59. The van der Waals surface area contributed by atoms with Crippen LogP contribution in [0.3, 0.4) is 0 Å². The van der Waals surface area contributed by atoms with Gasteiger partial charge in [0, 0.05) is 12.2 Å². The van der Waals surface area contributed by atoms with Crippen molar-refractivity contribution < 1.29 is 8.42 Å². The summed E-state index contributed by atoms with van der Waals surface area (Å²) in [5, 5.41) is 3.42. The van der Waals surface area contributed by atoms with E-state index in [4.69, 9.17) is 0 Å². The van der Waals surface area contributed by atoms with E-state index in [0.29, 0.717) is 11.3 Å². The van der Waals surface area contributed by atoms with Crippen LogP contribution in [0.2, 0.25) is 0 Å². The van der Waals surface area contributed by atoms with Crippen LogP contribution >= 0.6 is 0 Å². The molecule has 3 nitrogen and oxygen atoms in total. The third-order valence-corrected chi connectivity index (χ3v) is 6.02. The van der Waals surface area contributed by atoms with Gasteiger partial charge < -0.3 is 5.32 Å². The Labute approximate surface area is 122 Å². The SMILES string of the molecule is CCCS(=O)(=O)c1ccc(NCC2CCC(C)C2)cc1. The monoisotopic (exact) mass is 295 g/mol. The number of benzene rings is 1. The van der Waals surface area contributed by atoms with E-state index in [0.717, 1.165) is 24.1 Å². The molecular formula is C16H25NO2S. The van der Waals surface area contributed by atoms with Crippen LogP contribution in [-0.4, -0.2) is 20.7 Å². The molecule has 0 heterocycles. The molecule has 4 heteroatoms. The molecule has 2 atom stereocenters. The van der Waals surface area contributed by atoms with Gasteiger partial charge in [-0.25, -0.2) is 8.42 Å². The van der Waals surface area contributed by atoms with Crippen LogP contribution in [0.5, 0.6) is 0 Å². The van der Waals surface area contributed by atoms with Crippen molar-refractivity contribution in [3.8, 4) is 0 Å². The van der Waals surface area contributed by atoms with Crippen molar-refractivity contribution in [3.05, 3.63) is 24.3 Å². The Hall–Kier alpha value is -1.03. The lowest BCUT2D eigenvalue weighted by Crippen LogP contribution is -2.11. The third-order valence-electron chi connectivity index (χ3n) is 4.08. The van der Waals surface area contributed by atoms with Gasteiger partial charge in [-0.3, -0.25) is 0 Å². The minimum Gasteiger partial charge on any atom is -0.385 e. The summed E-state index contributed by atoms with van der Waals surface area (Å²) in [5.41, 5.74) is 1.01. The smallest absolute Gasteiger partial charge is 0.178 e. The highest BCUT2D eigenvalue weighted by Gasteiger charge is 2.20. The Balaban J connectivity index is 1.92. The molecule has 0 amide bonds. The van der Waals surface area contributed by atoms with Gasteiger partial charge in [0.2, 0.25) is 0 Å². The van der Waals surface area contributed by atoms with E-state index in [1.165, 1.54) is 19.3 Å². The van der Waals surface area contributed by atoms with Gasteiger partial charge in [0.1, 0.15) is 0 Å². The second-order valence-electron chi connectivity index (χ2n) is 6.01. The first-order valence-corrected chi connectivity index (χ1v) is 9.23. The number of hydrogen-bond donors (Lipinski definition) is 1. The van der Waals surface area contributed by atoms with Gasteiger partial charge in [-0.1, -0.05) is 20.3 Å². The summed E-state index contributed by atoms with van der Waals surface area (Å²) < 4.78 is 23.9. The van der Waals surface area contributed by atoms with Crippen LogP contribution < -0.4 is 5.32 Å². The van der Waals surface area contributed by atoms with Gasteiger partial charge in [-0.05, 0) is 55.4 Å². The van der Waals surface area contributed by atoms with Crippen LogP contribution in [-0.2, 0) is 9.84 Å². The van der Waals surface area contributed by atoms with Gasteiger partial charge in [0.05, 0.1) is 10.6 Å². The maximum Gasteiger partial charge on any atom is 0.178 e. The molecule has 0 bridgehead atoms. The minimum atomic E-state index is -3.09. The molecule has 0 saturated heterocycles. The number of rotatable bonds is 6. The van der Waals surface area contributed by atoms with E-state index in [2.05, 4.69) is 12.2 Å². The van der Waals surface area contributed by atoms with Gasteiger partial charge in [-0.2, -0.15) is 0 Å². The second-order valence-corrected chi connectivity index (χ2v) is 8.12. The highest BCUT2D eigenvalue weighted by atomic mass is 32.2. The lowest BCUT2D eigenvalue weighted by atomic mass is 10.1.